The molecule has 0 saturated carbocycles. The molecule has 0 fully saturated rings. The van der Waals surface area contributed by atoms with E-state index in [1.807, 2.05) is 24.3 Å². The molecule has 4 aromatic rings. The van der Waals surface area contributed by atoms with E-state index in [2.05, 4.69) is 27.6 Å². The zero-order valence-corrected chi connectivity index (χ0v) is 11.8. The molecule has 0 amide bonds. The summed E-state index contributed by atoms with van der Waals surface area (Å²) in [6.45, 7) is 0. The van der Waals surface area contributed by atoms with E-state index in [4.69, 9.17) is 0 Å². The first-order valence-corrected chi connectivity index (χ1v) is 7.40. The van der Waals surface area contributed by atoms with Gasteiger partial charge in [-0.15, -0.1) is 11.3 Å². The van der Waals surface area contributed by atoms with Crippen molar-refractivity contribution in [2.45, 2.75) is 0 Å². The highest BCUT2D eigenvalue weighted by molar-refractivity contribution is 7.14. The van der Waals surface area contributed by atoms with E-state index in [-0.39, 0.29) is 5.56 Å². The molecular formula is C16H11N3OS. The van der Waals surface area contributed by atoms with Crippen LogP contribution in [0.2, 0.25) is 0 Å². The first-order chi connectivity index (χ1) is 10.3. The zero-order chi connectivity index (χ0) is 14.2. The van der Waals surface area contributed by atoms with Crippen LogP contribution in [0.3, 0.4) is 0 Å². The molecule has 5 heteroatoms. The van der Waals surface area contributed by atoms with Gasteiger partial charge in [-0.1, -0.05) is 30.3 Å². The fraction of sp³-hybridized carbons (Fsp3) is 0. The van der Waals surface area contributed by atoms with E-state index in [1.54, 1.807) is 34.3 Å². The molecule has 0 spiro atoms. The van der Waals surface area contributed by atoms with Gasteiger partial charge in [-0.05, 0) is 28.6 Å². The van der Waals surface area contributed by atoms with Crippen LogP contribution < -0.4 is 5.56 Å². The monoisotopic (exact) mass is 293 g/mol. The Morgan fingerprint density at radius 1 is 1.10 bits per heavy atom. The molecule has 3 heterocycles. The fourth-order valence-corrected chi connectivity index (χ4v) is 3.34. The second-order valence-corrected chi connectivity index (χ2v) is 5.61. The van der Waals surface area contributed by atoms with Gasteiger partial charge < -0.3 is 0 Å². The van der Waals surface area contributed by atoms with Crippen molar-refractivity contribution < 1.29 is 0 Å². The van der Waals surface area contributed by atoms with Gasteiger partial charge in [0.25, 0.3) is 5.56 Å². The Labute approximate surface area is 124 Å². The van der Waals surface area contributed by atoms with Crippen LogP contribution in [0.4, 0.5) is 0 Å². The summed E-state index contributed by atoms with van der Waals surface area (Å²) in [5, 5.41) is 4.85. The quantitative estimate of drug-likeness (QED) is 0.615. The van der Waals surface area contributed by atoms with Crippen molar-refractivity contribution in [1.29, 1.82) is 0 Å². The van der Waals surface area contributed by atoms with Crippen LogP contribution in [0.1, 0.15) is 0 Å². The second kappa shape index (κ2) is 4.71. The number of hydrogen-bond donors (Lipinski definition) is 1. The number of H-pyrrole nitrogens is 1. The molecule has 0 aliphatic heterocycles. The molecule has 4 nitrogen and oxygen atoms in total. The molecule has 102 valence electrons. The minimum absolute atomic E-state index is 0.116. The van der Waals surface area contributed by atoms with Crippen LogP contribution in [0.15, 0.2) is 65.0 Å². The molecule has 1 N–H and O–H groups in total. The highest BCUT2D eigenvalue weighted by Gasteiger charge is 2.14. The number of rotatable bonds is 2. The topological polar surface area (TPSA) is 50.2 Å². The molecule has 3 aromatic heterocycles. The molecule has 0 aliphatic carbocycles. The number of nitrogens with zero attached hydrogens (tertiary/aromatic N) is 2. The molecule has 0 radical (unpaired) electrons. The minimum atomic E-state index is -0.116. The molecule has 0 unspecified atom stereocenters. The van der Waals surface area contributed by atoms with E-state index >= 15 is 0 Å². The number of fused-ring (bicyclic) bond motifs is 1. The van der Waals surface area contributed by atoms with Gasteiger partial charge in [-0.2, -0.15) is 0 Å². The van der Waals surface area contributed by atoms with Crippen LogP contribution in [0.25, 0.3) is 27.2 Å². The zero-order valence-electron chi connectivity index (χ0n) is 11.0. The first kappa shape index (κ1) is 12.1. The number of nitrogens with one attached hydrogen (secondary N) is 1. The van der Waals surface area contributed by atoms with Crippen LogP contribution in [-0.4, -0.2) is 14.6 Å². The van der Waals surface area contributed by atoms with Crippen LogP contribution in [0, 0.1) is 0 Å². The lowest BCUT2D eigenvalue weighted by molar-refractivity contribution is 0.920. The van der Waals surface area contributed by atoms with Gasteiger partial charge in [0.15, 0.2) is 5.65 Å². The van der Waals surface area contributed by atoms with Gasteiger partial charge in [0, 0.05) is 17.3 Å². The van der Waals surface area contributed by atoms with Crippen LogP contribution in [0.5, 0.6) is 0 Å². The third kappa shape index (κ3) is 1.98. The normalized spacial score (nSPS) is 11.0. The number of aromatic amines is 1. The number of benzene rings is 1. The van der Waals surface area contributed by atoms with Crippen molar-refractivity contribution in [3.63, 3.8) is 0 Å². The van der Waals surface area contributed by atoms with Gasteiger partial charge in [-0.25, -0.2) is 9.50 Å². The van der Waals surface area contributed by atoms with Crippen molar-refractivity contribution in [3.8, 4) is 21.6 Å². The van der Waals surface area contributed by atoms with E-state index < -0.39 is 0 Å². The van der Waals surface area contributed by atoms with Gasteiger partial charge in [0.05, 0.1) is 0 Å². The molecule has 1 aromatic carbocycles. The highest BCUT2D eigenvalue weighted by atomic mass is 32.1. The van der Waals surface area contributed by atoms with Crippen LogP contribution >= 0.6 is 11.3 Å². The Morgan fingerprint density at radius 3 is 2.81 bits per heavy atom. The molecule has 0 saturated heterocycles. The lowest BCUT2D eigenvalue weighted by Gasteiger charge is -1.95. The van der Waals surface area contributed by atoms with Crippen molar-refractivity contribution >= 4 is 17.0 Å². The SMILES string of the molecule is O=c1[nH]n2cccnc2c1-c1cc(-c2ccccc2)cs1. The first-order valence-electron chi connectivity index (χ1n) is 6.52. The minimum Gasteiger partial charge on any atom is -0.267 e. The van der Waals surface area contributed by atoms with Gasteiger partial charge in [0.1, 0.15) is 5.56 Å². The molecular weight excluding hydrogens is 282 g/mol. The van der Waals surface area contributed by atoms with Crippen molar-refractivity contribution in [3.05, 3.63) is 70.6 Å². The standard InChI is InChI=1S/C16H11N3OS/c20-16-14(15-17-7-4-8-19(15)18-16)13-9-12(10-21-13)11-5-2-1-3-6-11/h1-10H,(H,18,20). The van der Waals surface area contributed by atoms with Gasteiger partial charge in [-0.3, -0.25) is 9.89 Å². The van der Waals surface area contributed by atoms with E-state index in [0.717, 1.165) is 16.0 Å². The van der Waals surface area contributed by atoms with E-state index in [0.29, 0.717) is 11.2 Å². The molecule has 0 atom stereocenters. The summed E-state index contributed by atoms with van der Waals surface area (Å²) in [5.74, 6) is 0. The lowest BCUT2D eigenvalue weighted by atomic mass is 10.1. The number of thiophene rings is 1. The summed E-state index contributed by atoms with van der Waals surface area (Å²) in [5.41, 5.74) is 3.43. The Bertz CT molecular complexity index is 966. The Morgan fingerprint density at radius 2 is 1.95 bits per heavy atom. The maximum atomic E-state index is 12.2. The van der Waals surface area contributed by atoms with E-state index in [9.17, 15) is 4.79 Å². The Kier molecular flexibility index (Phi) is 2.72. The average molecular weight is 293 g/mol. The Balaban J connectivity index is 1.89. The van der Waals surface area contributed by atoms with Crippen LogP contribution in [-0.2, 0) is 0 Å². The maximum absolute atomic E-state index is 12.2. The molecule has 4 rings (SSSR count). The summed E-state index contributed by atoms with van der Waals surface area (Å²) >= 11 is 1.56. The van der Waals surface area contributed by atoms with E-state index in [1.165, 1.54) is 0 Å². The summed E-state index contributed by atoms with van der Waals surface area (Å²) in [4.78, 5) is 17.4. The Hall–Kier alpha value is -2.66. The van der Waals surface area contributed by atoms with Gasteiger partial charge in [0.2, 0.25) is 0 Å². The van der Waals surface area contributed by atoms with Crippen molar-refractivity contribution in [1.82, 2.24) is 14.6 Å². The molecule has 0 aliphatic rings. The molecule has 0 bridgehead atoms. The maximum Gasteiger partial charge on any atom is 0.275 e. The largest absolute Gasteiger partial charge is 0.275 e. The smallest absolute Gasteiger partial charge is 0.267 e. The third-order valence-electron chi connectivity index (χ3n) is 3.37. The lowest BCUT2D eigenvalue weighted by Crippen LogP contribution is -2.01. The van der Waals surface area contributed by atoms with Crippen molar-refractivity contribution in [2.24, 2.45) is 0 Å². The third-order valence-corrected chi connectivity index (χ3v) is 4.32. The summed E-state index contributed by atoms with van der Waals surface area (Å²) in [6, 6.07) is 14.0. The predicted octanol–water partition coefficient (Wildman–Crippen LogP) is 3.42. The summed E-state index contributed by atoms with van der Waals surface area (Å²) < 4.78 is 1.65. The predicted molar refractivity (Wildman–Crippen MR) is 84.6 cm³/mol. The van der Waals surface area contributed by atoms with Gasteiger partial charge >= 0.3 is 0 Å². The van der Waals surface area contributed by atoms with Crippen molar-refractivity contribution in [2.75, 3.05) is 0 Å². The average Bonchev–Trinajstić information content (AvgIpc) is 3.11. The summed E-state index contributed by atoms with van der Waals surface area (Å²) in [6.07, 6.45) is 3.48. The number of hydrogen-bond acceptors (Lipinski definition) is 3. The summed E-state index contributed by atoms with van der Waals surface area (Å²) in [7, 11) is 0. The highest BCUT2D eigenvalue weighted by Crippen LogP contribution is 2.32. The fourth-order valence-electron chi connectivity index (χ4n) is 2.38. The molecule has 21 heavy (non-hydrogen) atoms. The number of aromatic nitrogens is 3. The second-order valence-electron chi connectivity index (χ2n) is 4.69.